The number of aromatic nitrogens is 2. The third-order valence-corrected chi connectivity index (χ3v) is 7.11. The van der Waals surface area contributed by atoms with Crippen molar-refractivity contribution in [1.82, 2.24) is 19.9 Å². The molecule has 7 nitrogen and oxygen atoms in total. The van der Waals surface area contributed by atoms with Crippen molar-refractivity contribution in [2.75, 3.05) is 26.2 Å². The van der Waals surface area contributed by atoms with Gasteiger partial charge < -0.3 is 9.42 Å². The summed E-state index contributed by atoms with van der Waals surface area (Å²) in [5.41, 5.74) is 0.909. The minimum Gasteiger partial charge on any atom is -0.338 e. The Labute approximate surface area is 192 Å². The summed E-state index contributed by atoms with van der Waals surface area (Å²) in [4.78, 5) is 36.2. The first kappa shape index (κ1) is 20.7. The lowest BCUT2D eigenvalue weighted by Crippen LogP contribution is -2.48. The topological polar surface area (TPSA) is 79.5 Å². The Morgan fingerprint density at radius 3 is 2.38 bits per heavy atom. The van der Waals surface area contributed by atoms with Gasteiger partial charge in [0.2, 0.25) is 17.5 Å². The maximum Gasteiger partial charge on any atom is 0.254 e. The monoisotopic (exact) mass is 464 g/mol. The van der Waals surface area contributed by atoms with Crippen molar-refractivity contribution >= 4 is 34.4 Å². The number of piperazine rings is 1. The largest absolute Gasteiger partial charge is 0.338 e. The summed E-state index contributed by atoms with van der Waals surface area (Å²) in [7, 11) is 0. The van der Waals surface area contributed by atoms with Crippen molar-refractivity contribution in [1.29, 1.82) is 0 Å². The SMILES string of the molecule is O=C(c1cccs1)c1ccccc1C(=O)N1CCN(Cc2nc(-c3cccs3)no2)CC1. The Morgan fingerprint density at radius 1 is 0.906 bits per heavy atom. The lowest BCUT2D eigenvalue weighted by Gasteiger charge is -2.34. The van der Waals surface area contributed by atoms with Gasteiger partial charge in [0.05, 0.1) is 21.9 Å². The number of hydrogen-bond acceptors (Lipinski definition) is 8. The molecular weight excluding hydrogens is 444 g/mol. The van der Waals surface area contributed by atoms with Crippen LogP contribution in [0.15, 0.2) is 63.8 Å². The van der Waals surface area contributed by atoms with Crippen LogP contribution in [0.4, 0.5) is 0 Å². The van der Waals surface area contributed by atoms with E-state index in [1.807, 2.05) is 33.9 Å². The number of nitrogens with zero attached hydrogens (tertiary/aromatic N) is 4. The number of hydrogen-bond donors (Lipinski definition) is 0. The minimum absolute atomic E-state index is 0.108. The van der Waals surface area contributed by atoms with Crippen molar-refractivity contribution < 1.29 is 14.1 Å². The molecule has 1 aliphatic heterocycles. The highest BCUT2D eigenvalue weighted by Crippen LogP contribution is 2.23. The highest BCUT2D eigenvalue weighted by Gasteiger charge is 2.26. The van der Waals surface area contributed by atoms with E-state index < -0.39 is 0 Å². The van der Waals surface area contributed by atoms with E-state index in [-0.39, 0.29) is 11.7 Å². The van der Waals surface area contributed by atoms with Crippen LogP contribution in [-0.4, -0.2) is 57.8 Å². The molecule has 0 aliphatic carbocycles. The number of rotatable bonds is 6. The summed E-state index contributed by atoms with van der Waals surface area (Å²) in [6.45, 7) is 3.10. The standard InChI is InChI=1S/C23H20N4O3S2/c28-21(18-7-3-13-31-18)16-5-1-2-6-17(16)23(29)27-11-9-26(10-12-27)15-20-24-22(25-30-20)19-8-4-14-32-19/h1-8,13-14H,9-12,15H2. The van der Waals surface area contributed by atoms with Gasteiger partial charge in [-0.1, -0.05) is 35.5 Å². The van der Waals surface area contributed by atoms with Crippen LogP contribution in [0.25, 0.3) is 10.7 Å². The maximum atomic E-state index is 13.2. The van der Waals surface area contributed by atoms with E-state index in [9.17, 15) is 9.59 Å². The minimum atomic E-state index is -0.111. The van der Waals surface area contributed by atoms with Gasteiger partial charge in [-0.05, 0) is 29.0 Å². The fraction of sp³-hybridized carbons (Fsp3) is 0.217. The third-order valence-electron chi connectivity index (χ3n) is 5.38. The van der Waals surface area contributed by atoms with Crippen molar-refractivity contribution in [2.24, 2.45) is 0 Å². The van der Waals surface area contributed by atoms with Crippen LogP contribution in [-0.2, 0) is 6.54 Å². The van der Waals surface area contributed by atoms with Gasteiger partial charge in [0.1, 0.15) is 0 Å². The van der Waals surface area contributed by atoms with E-state index in [0.29, 0.717) is 60.4 Å². The molecule has 4 heterocycles. The summed E-state index contributed by atoms with van der Waals surface area (Å²) in [5, 5.41) is 7.90. The van der Waals surface area contributed by atoms with Crippen LogP contribution in [0.3, 0.4) is 0 Å². The molecule has 5 rings (SSSR count). The Bertz CT molecular complexity index is 1210. The molecule has 162 valence electrons. The predicted octanol–water partition coefficient (Wildman–Crippen LogP) is 4.05. The molecule has 0 unspecified atom stereocenters. The predicted molar refractivity (Wildman–Crippen MR) is 123 cm³/mol. The molecule has 3 aromatic heterocycles. The average molecular weight is 465 g/mol. The first-order valence-corrected chi connectivity index (χ1v) is 12.0. The Balaban J connectivity index is 1.22. The first-order chi connectivity index (χ1) is 15.7. The van der Waals surface area contributed by atoms with Crippen molar-refractivity contribution in [3.63, 3.8) is 0 Å². The fourth-order valence-corrected chi connectivity index (χ4v) is 5.03. The fourth-order valence-electron chi connectivity index (χ4n) is 3.70. The highest BCUT2D eigenvalue weighted by atomic mass is 32.1. The van der Waals surface area contributed by atoms with Crippen LogP contribution in [0.2, 0.25) is 0 Å². The van der Waals surface area contributed by atoms with Gasteiger partial charge >= 0.3 is 0 Å². The number of carbonyl (C=O) groups excluding carboxylic acids is 2. The quantitative estimate of drug-likeness (QED) is 0.401. The van der Waals surface area contributed by atoms with Gasteiger partial charge in [-0.25, -0.2) is 0 Å². The molecule has 0 N–H and O–H groups in total. The molecule has 1 saturated heterocycles. The smallest absolute Gasteiger partial charge is 0.254 e. The zero-order chi connectivity index (χ0) is 21.9. The molecule has 1 aromatic carbocycles. The number of thiophene rings is 2. The van der Waals surface area contributed by atoms with E-state index in [1.54, 1.807) is 41.7 Å². The van der Waals surface area contributed by atoms with E-state index >= 15 is 0 Å². The molecule has 4 aromatic rings. The number of amides is 1. The lowest BCUT2D eigenvalue weighted by atomic mass is 10.0. The molecule has 9 heteroatoms. The second kappa shape index (κ2) is 9.15. The second-order valence-corrected chi connectivity index (χ2v) is 9.30. The van der Waals surface area contributed by atoms with Gasteiger partial charge in [-0.3, -0.25) is 14.5 Å². The Kier molecular flexibility index (Phi) is 5.93. The molecule has 1 amide bonds. The van der Waals surface area contributed by atoms with E-state index in [2.05, 4.69) is 15.0 Å². The molecule has 0 saturated carbocycles. The van der Waals surface area contributed by atoms with Crippen molar-refractivity contribution in [3.8, 4) is 10.7 Å². The van der Waals surface area contributed by atoms with Gasteiger partial charge in [-0.2, -0.15) is 4.98 Å². The van der Waals surface area contributed by atoms with E-state index in [0.717, 1.165) is 4.88 Å². The molecule has 1 aliphatic rings. The molecule has 0 bridgehead atoms. The molecule has 0 spiro atoms. The second-order valence-electron chi connectivity index (χ2n) is 7.41. The third kappa shape index (κ3) is 4.27. The van der Waals surface area contributed by atoms with Crippen LogP contribution in [0.1, 0.15) is 31.5 Å². The summed E-state index contributed by atoms with van der Waals surface area (Å²) in [6.07, 6.45) is 0. The summed E-state index contributed by atoms with van der Waals surface area (Å²) in [5.74, 6) is 0.958. The van der Waals surface area contributed by atoms with Gasteiger partial charge in [-0.15, -0.1) is 22.7 Å². The summed E-state index contributed by atoms with van der Waals surface area (Å²) >= 11 is 2.96. The van der Waals surface area contributed by atoms with Gasteiger partial charge in [0, 0.05) is 31.7 Å². The van der Waals surface area contributed by atoms with Crippen LogP contribution >= 0.6 is 22.7 Å². The van der Waals surface area contributed by atoms with Gasteiger partial charge in [0.25, 0.3) is 5.91 Å². The molecule has 1 fully saturated rings. The van der Waals surface area contributed by atoms with Crippen molar-refractivity contribution in [3.05, 3.63) is 81.2 Å². The normalized spacial score (nSPS) is 14.6. The average Bonchev–Trinajstić information content (AvgIpc) is 3.61. The van der Waals surface area contributed by atoms with Gasteiger partial charge in [0.15, 0.2) is 0 Å². The number of benzene rings is 1. The van der Waals surface area contributed by atoms with Crippen molar-refractivity contribution in [2.45, 2.75) is 6.54 Å². The zero-order valence-corrected chi connectivity index (χ0v) is 18.8. The molecule has 0 atom stereocenters. The van der Waals surface area contributed by atoms with Crippen LogP contribution in [0, 0.1) is 0 Å². The first-order valence-electron chi connectivity index (χ1n) is 10.2. The molecule has 32 heavy (non-hydrogen) atoms. The van der Waals surface area contributed by atoms with E-state index in [1.165, 1.54) is 11.3 Å². The molecule has 0 radical (unpaired) electrons. The van der Waals surface area contributed by atoms with E-state index in [4.69, 9.17) is 4.52 Å². The number of ketones is 1. The van der Waals surface area contributed by atoms with Crippen LogP contribution in [0.5, 0.6) is 0 Å². The van der Waals surface area contributed by atoms with Crippen LogP contribution < -0.4 is 0 Å². The lowest BCUT2D eigenvalue weighted by molar-refractivity contribution is 0.0612. The zero-order valence-electron chi connectivity index (χ0n) is 17.1. The molecular formula is C23H20N4O3S2. The highest BCUT2D eigenvalue weighted by molar-refractivity contribution is 7.13. The number of carbonyl (C=O) groups is 2. The Morgan fingerprint density at radius 2 is 1.66 bits per heavy atom. The Hall–Kier alpha value is -3.14. The maximum absolute atomic E-state index is 13.2. The summed E-state index contributed by atoms with van der Waals surface area (Å²) in [6, 6.07) is 14.6. The summed E-state index contributed by atoms with van der Waals surface area (Å²) < 4.78 is 5.40.